The summed E-state index contributed by atoms with van der Waals surface area (Å²) in [7, 11) is 2.00. The first-order chi connectivity index (χ1) is 9.74. The van der Waals surface area contributed by atoms with Crippen molar-refractivity contribution in [1.29, 1.82) is 0 Å². The van der Waals surface area contributed by atoms with Gasteiger partial charge in [0.25, 0.3) is 0 Å². The zero-order chi connectivity index (χ0) is 13.9. The Balaban J connectivity index is 1.68. The Morgan fingerprint density at radius 3 is 2.80 bits per heavy atom. The van der Waals surface area contributed by atoms with Gasteiger partial charge in [-0.1, -0.05) is 12.1 Å². The fraction of sp³-hybridized carbons (Fsp3) is 0.333. The van der Waals surface area contributed by atoms with E-state index in [4.69, 9.17) is 0 Å². The second-order valence-corrected chi connectivity index (χ2v) is 5.80. The largest absolute Gasteiger partial charge is 0.325 e. The summed E-state index contributed by atoms with van der Waals surface area (Å²) in [5.41, 5.74) is 4.71. The number of aromatic nitrogens is 1. The summed E-state index contributed by atoms with van der Waals surface area (Å²) in [6.07, 6.45) is 2.04. The number of amides is 1. The third-order valence-electron chi connectivity index (χ3n) is 3.70. The number of nitrogens with zero attached hydrogens (tertiary/aromatic N) is 2. The van der Waals surface area contributed by atoms with E-state index in [0.29, 0.717) is 0 Å². The van der Waals surface area contributed by atoms with Gasteiger partial charge < -0.3 is 5.32 Å². The molecule has 1 saturated heterocycles. The molecule has 2 aromatic rings. The first kappa shape index (κ1) is 13.3. The van der Waals surface area contributed by atoms with Gasteiger partial charge in [-0.25, -0.2) is 4.98 Å². The number of anilines is 1. The smallest absolute Gasteiger partial charge is 0.241 e. The lowest BCUT2D eigenvalue weighted by Gasteiger charge is -2.18. The number of benzene rings is 1. The van der Waals surface area contributed by atoms with Gasteiger partial charge in [-0.05, 0) is 38.6 Å². The Kier molecular flexibility index (Phi) is 3.80. The van der Waals surface area contributed by atoms with Gasteiger partial charge in [0.2, 0.25) is 5.91 Å². The summed E-state index contributed by atoms with van der Waals surface area (Å²) in [5, 5.41) is 5.00. The fourth-order valence-electron chi connectivity index (χ4n) is 2.55. The molecule has 1 atom stereocenters. The number of nitrogens with one attached hydrogen (secondary N) is 1. The van der Waals surface area contributed by atoms with Crippen molar-refractivity contribution in [1.82, 2.24) is 9.88 Å². The summed E-state index contributed by atoms with van der Waals surface area (Å²) < 4.78 is 0. The molecular weight excluding hydrogens is 270 g/mol. The molecule has 1 unspecified atom stereocenters. The normalized spacial score (nSPS) is 19.1. The highest BCUT2D eigenvalue weighted by Crippen LogP contribution is 2.22. The number of rotatable bonds is 3. The Bertz CT molecular complexity index is 580. The highest BCUT2D eigenvalue weighted by molar-refractivity contribution is 7.07. The standard InChI is InChI=1S/C15H17N3OS/c1-18-8-2-3-14(18)15(19)17-12-6-4-11(5-7-12)13-9-20-10-16-13/h4-7,9-10,14H,2-3,8H2,1H3,(H,17,19). The molecule has 0 radical (unpaired) electrons. The second kappa shape index (κ2) is 5.73. The van der Waals surface area contributed by atoms with Gasteiger partial charge in [-0.2, -0.15) is 0 Å². The number of hydrogen-bond donors (Lipinski definition) is 1. The van der Waals surface area contributed by atoms with E-state index in [-0.39, 0.29) is 11.9 Å². The van der Waals surface area contributed by atoms with Crippen molar-refractivity contribution in [3.63, 3.8) is 0 Å². The first-order valence-corrected chi connectivity index (χ1v) is 7.68. The van der Waals surface area contributed by atoms with Gasteiger partial charge in [-0.3, -0.25) is 9.69 Å². The molecule has 0 aliphatic carbocycles. The van der Waals surface area contributed by atoms with Crippen molar-refractivity contribution < 1.29 is 4.79 Å². The highest BCUT2D eigenvalue weighted by Gasteiger charge is 2.27. The van der Waals surface area contributed by atoms with Gasteiger partial charge in [0, 0.05) is 16.6 Å². The molecule has 4 nitrogen and oxygen atoms in total. The molecule has 1 aliphatic heterocycles. The molecule has 1 fully saturated rings. The van der Waals surface area contributed by atoms with E-state index in [1.165, 1.54) is 0 Å². The number of likely N-dealkylation sites (tertiary alicyclic amines) is 1. The molecule has 20 heavy (non-hydrogen) atoms. The number of thiazole rings is 1. The lowest BCUT2D eigenvalue weighted by atomic mass is 10.1. The molecule has 5 heteroatoms. The van der Waals surface area contributed by atoms with Crippen LogP contribution in [0.25, 0.3) is 11.3 Å². The average Bonchev–Trinajstić information content (AvgIpc) is 3.10. The topological polar surface area (TPSA) is 45.2 Å². The minimum atomic E-state index is 0.00761. The Hall–Kier alpha value is -1.72. The van der Waals surface area contributed by atoms with Crippen molar-refractivity contribution in [2.75, 3.05) is 18.9 Å². The maximum atomic E-state index is 12.2. The van der Waals surface area contributed by atoms with Crippen LogP contribution in [0.15, 0.2) is 35.2 Å². The SMILES string of the molecule is CN1CCCC1C(=O)Nc1ccc(-c2cscn2)cc1. The zero-order valence-corrected chi connectivity index (χ0v) is 12.2. The summed E-state index contributed by atoms with van der Waals surface area (Å²) in [4.78, 5) is 18.6. The molecule has 0 saturated carbocycles. The first-order valence-electron chi connectivity index (χ1n) is 6.74. The van der Waals surface area contributed by atoms with Crippen LogP contribution in [0.2, 0.25) is 0 Å². The van der Waals surface area contributed by atoms with E-state index in [0.717, 1.165) is 36.3 Å². The number of hydrogen-bond acceptors (Lipinski definition) is 4. The lowest BCUT2D eigenvalue weighted by Crippen LogP contribution is -2.37. The van der Waals surface area contributed by atoms with Crippen LogP contribution in [0.5, 0.6) is 0 Å². The number of carbonyl (C=O) groups is 1. The predicted molar refractivity (Wildman–Crippen MR) is 81.8 cm³/mol. The molecule has 1 N–H and O–H groups in total. The summed E-state index contributed by atoms with van der Waals surface area (Å²) in [6, 6.07) is 7.85. The van der Waals surface area contributed by atoms with Gasteiger partial charge in [0.05, 0.1) is 17.2 Å². The Labute approximate surface area is 122 Å². The molecule has 0 spiro atoms. The second-order valence-electron chi connectivity index (χ2n) is 5.08. The van der Waals surface area contributed by atoms with Crippen LogP contribution >= 0.6 is 11.3 Å². The Morgan fingerprint density at radius 2 is 2.20 bits per heavy atom. The van der Waals surface area contributed by atoms with Crippen molar-refractivity contribution in [3.05, 3.63) is 35.2 Å². The maximum absolute atomic E-state index is 12.2. The van der Waals surface area contributed by atoms with Crippen molar-refractivity contribution in [3.8, 4) is 11.3 Å². The van der Waals surface area contributed by atoms with Crippen molar-refractivity contribution in [2.24, 2.45) is 0 Å². The molecular formula is C15H17N3OS. The van der Waals surface area contributed by atoms with Crippen LogP contribution in [0.1, 0.15) is 12.8 Å². The van der Waals surface area contributed by atoms with Crippen LogP contribution in [0, 0.1) is 0 Å². The van der Waals surface area contributed by atoms with Crippen molar-refractivity contribution >= 4 is 22.9 Å². The fourth-order valence-corrected chi connectivity index (χ4v) is 3.11. The van der Waals surface area contributed by atoms with E-state index in [2.05, 4.69) is 15.2 Å². The maximum Gasteiger partial charge on any atom is 0.241 e. The quantitative estimate of drug-likeness (QED) is 0.944. The molecule has 1 aromatic carbocycles. The van der Waals surface area contributed by atoms with E-state index in [9.17, 15) is 4.79 Å². The highest BCUT2D eigenvalue weighted by atomic mass is 32.1. The Morgan fingerprint density at radius 1 is 1.40 bits per heavy atom. The molecule has 1 amide bonds. The molecule has 1 aromatic heterocycles. The number of carbonyl (C=O) groups excluding carboxylic acids is 1. The minimum Gasteiger partial charge on any atom is -0.325 e. The van der Waals surface area contributed by atoms with Gasteiger partial charge >= 0.3 is 0 Å². The third kappa shape index (κ3) is 2.73. The summed E-state index contributed by atoms with van der Waals surface area (Å²) >= 11 is 1.58. The zero-order valence-electron chi connectivity index (χ0n) is 11.4. The van der Waals surface area contributed by atoms with Gasteiger partial charge in [-0.15, -0.1) is 11.3 Å². The molecule has 1 aliphatic rings. The predicted octanol–water partition coefficient (Wildman–Crippen LogP) is 2.84. The number of likely N-dealkylation sites (N-methyl/N-ethyl adjacent to an activating group) is 1. The van der Waals surface area contributed by atoms with Gasteiger partial charge in [0.1, 0.15) is 0 Å². The van der Waals surface area contributed by atoms with Crippen LogP contribution < -0.4 is 5.32 Å². The van der Waals surface area contributed by atoms with Crippen molar-refractivity contribution in [2.45, 2.75) is 18.9 Å². The monoisotopic (exact) mass is 287 g/mol. The third-order valence-corrected chi connectivity index (χ3v) is 4.29. The molecule has 104 valence electrons. The van der Waals surface area contributed by atoms with E-state index in [1.54, 1.807) is 11.3 Å². The van der Waals surface area contributed by atoms with E-state index >= 15 is 0 Å². The lowest BCUT2D eigenvalue weighted by molar-refractivity contribution is -0.119. The van der Waals surface area contributed by atoms with Crippen LogP contribution in [-0.2, 0) is 4.79 Å². The minimum absolute atomic E-state index is 0.00761. The molecule has 0 bridgehead atoms. The average molecular weight is 287 g/mol. The van der Waals surface area contributed by atoms with E-state index in [1.807, 2.05) is 42.2 Å². The summed E-state index contributed by atoms with van der Waals surface area (Å²) in [6.45, 7) is 1.00. The molecule has 3 rings (SSSR count). The molecule has 2 heterocycles. The van der Waals surface area contributed by atoms with Crippen LogP contribution in [0.4, 0.5) is 5.69 Å². The van der Waals surface area contributed by atoms with Crippen LogP contribution in [-0.4, -0.2) is 35.4 Å². The summed E-state index contributed by atoms with van der Waals surface area (Å²) in [5.74, 6) is 0.0893. The van der Waals surface area contributed by atoms with Crippen LogP contribution in [0.3, 0.4) is 0 Å². The van der Waals surface area contributed by atoms with Gasteiger partial charge in [0.15, 0.2) is 0 Å². The van der Waals surface area contributed by atoms with E-state index < -0.39 is 0 Å².